The summed E-state index contributed by atoms with van der Waals surface area (Å²) >= 11 is 0. The Balaban J connectivity index is 0.000000362. The molecule has 0 aromatic heterocycles. The highest BCUT2D eigenvalue weighted by Gasteiger charge is 2.26. The molecule has 0 saturated heterocycles. The lowest BCUT2D eigenvalue weighted by Crippen LogP contribution is -2.47. The van der Waals surface area contributed by atoms with Crippen LogP contribution < -0.4 is 5.73 Å². The topological polar surface area (TPSA) is 141 Å². The number of hydrogen-bond acceptors (Lipinski definition) is 6. The van der Waals surface area contributed by atoms with Crippen molar-refractivity contribution >= 4 is 10.1 Å². The Hall–Kier alpha value is -1.03. The monoisotopic (exact) mass is 293 g/mol. The van der Waals surface area contributed by atoms with Crippen LogP contribution in [-0.4, -0.2) is 40.3 Å². The quantitative estimate of drug-likeness (QED) is 0.377. The van der Waals surface area contributed by atoms with Crippen molar-refractivity contribution in [2.75, 3.05) is 0 Å². The van der Waals surface area contributed by atoms with Gasteiger partial charge in [-0.1, -0.05) is 24.6 Å². The number of nitrogens with two attached hydrogens (primary N) is 1. The predicted octanol–water partition coefficient (Wildman–Crippen LogP) is -0.404. The van der Waals surface area contributed by atoms with Crippen LogP contribution in [0.4, 0.5) is 0 Å². The van der Waals surface area contributed by atoms with Gasteiger partial charge in [-0.15, -0.1) is 0 Å². The molecular formula is C11H19NO6S. The second kappa shape index (κ2) is 6.94. The van der Waals surface area contributed by atoms with Crippen LogP contribution in [0.5, 0.6) is 0 Å². The summed E-state index contributed by atoms with van der Waals surface area (Å²) < 4.78 is 29.6. The molecule has 1 atom stereocenters. The van der Waals surface area contributed by atoms with Gasteiger partial charge in [0.25, 0.3) is 16.1 Å². The summed E-state index contributed by atoms with van der Waals surface area (Å²) in [6, 6.07) is 5.00. The van der Waals surface area contributed by atoms with Gasteiger partial charge in [0, 0.05) is 0 Å². The summed E-state index contributed by atoms with van der Waals surface area (Å²) in [6.07, 6.45) is 0.323. The van der Waals surface area contributed by atoms with Crippen molar-refractivity contribution in [2.24, 2.45) is 5.73 Å². The van der Waals surface area contributed by atoms with Gasteiger partial charge in [0.1, 0.15) is 0 Å². The van der Waals surface area contributed by atoms with Gasteiger partial charge in [0.15, 0.2) is 0 Å². The van der Waals surface area contributed by atoms with Gasteiger partial charge in [-0.3, -0.25) is 4.55 Å². The number of aryl methyl sites for hydroxylation is 1. The highest BCUT2D eigenvalue weighted by atomic mass is 32.2. The molecule has 1 unspecified atom stereocenters. The zero-order valence-corrected chi connectivity index (χ0v) is 11.5. The first-order valence-electron chi connectivity index (χ1n) is 5.45. The molecule has 1 aromatic carbocycles. The van der Waals surface area contributed by atoms with Crippen molar-refractivity contribution in [3.63, 3.8) is 0 Å². The minimum atomic E-state index is -4.02. The Bertz CT molecular complexity index is 477. The molecule has 8 heteroatoms. The first-order valence-corrected chi connectivity index (χ1v) is 6.89. The third-order valence-corrected chi connectivity index (χ3v) is 3.12. The first-order chi connectivity index (χ1) is 8.48. The minimum absolute atomic E-state index is 0.0666. The van der Waals surface area contributed by atoms with Crippen LogP contribution in [0, 0.1) is 6.92 Å². The fraction of sp³-hybridized carbons (Fsp3) is 0.455. The zero-order valence-electron chi connectivity index (χ0n) is 10.7. The van der Waals surface area contributed by atoms with Crippen molar-refractivity contribution < 1.29 is 28.3 Å². The van der Waals surface area contributed by atoms with E-state index in [1.165, 1.54) is 12.1 Å². The van der Waals surface area contributed by atoms with Crippen LogP contribution in [0.2, 0.25) is 0 Å². The van der Waals surface area contributed by atoms with Crippen molar-refractivity contribution in [3.8, 4) is 0 Å². The second-order valence-corrected chi connectivity index (χ2v) is 5.41. The molecule has 0 spiro atoms. The van der Waals surface area contributed by atoms with Crippen molar-refractivity contribution in [1.82, 2.24) is 0 Å². The van der Waals surface area contributed by atoms with E-state index in [1.807, 2.05) is 6.92 Å². The maximum atomic E-state index is 10.5. The molecule has 1 rings (SSSR count). The average Bonchev–Trinajstić information content (AvgIpc) is 2.27. The number of benzene rings is 1. The molecule has 0 saturated carbocycles. The molecule has 0 amide bonds. The molecule has 19 heavy (non-hydrogen) atoms. The Morgan fingerprint density at radius 2 is 1.63 bits per heavy atom. The highest BCUT2D eigenvalue weighted by Crippen LogP contribution is 2.08. The Labute approximate surface area is 112 Å². The van der Waals surface area contributed by atoms with E-state index in [0.717, 1.165) is 5.56 Å². The van der Waals surface area contributed by atoms with E-state index in [4.69, 9.17) is 25.6 Å². The molecule has 0 aliphatic rings. The van der Waals surface area contributed by atoms with E-state index in [-0.39, 0.29) is 4.90 Å². The third-order valence-electron chi connectivity index (χ3n) is 2.26. The van der Waals surface area contributed by atoms with Crippen molar-refractivity contribution in [3.05, 3.63) is 29.8 Å². The molecular weight excluding hydrogens is 274 g/mol. The predicted molar refractivity (Wildman–Crippen MR) is 68.6 cm³/mol. The Kier molecular flexibility index (Phi) is 6.57. The van der Waals surface area contributed by atoms with Gasteiger partial charge in [0.05, 0.1) is 10.9 Å². The van der Waals surface area contributed by atoms with Crippen LogP contribution >= 0.6 is 0 Å². The van der Waals surface area contributed by atoms with Crippen LogP contribution in [0.1, 0.15) is 18.9 Å². The van der Waals surface area contributed by atoms with E-state index in [0.29, 0.717) is 6.42 Å². The smallest absolute Gasteiger partial charge is 0.294 e. The van der Waals surface area contributed by atoms with E-state index in [9.17, 15) is 8.42 Å². The molecule has 0 heterocycles. The number of aliphatic hydroxyl groups is 3. The Morgan fingerprint density at radius 3 is 1.84 bits per heavy atom. The summed E-state index contributed by atoms with van der Waals surface area (Å²) in [5, 5.41) is 24.8. The van der Waals surface area contributed by atoms with Crippen LogP contribution in [0.15, 0.2) is 29.2 Å². The number of rotatable bonds is 3. The summed E-state index contributed by atoms with van der Waals surface area (Å²) in [5.41, 5.74) is 5.96. The normalized spacial score (nSPS) is 13.4. The molecule has 110 valence electrons. The summed E-state index contributed by atoms with van der Waals surface area (Å²) in [5.74, 6) is -2.71. The first kappa shape index (κ1) is 18.0. The Morgan fingerprint density at radius 1 is 1.21 bits per heavy atom. The summed E-state index contributed by atoms with van der Waals surface area (Å²) in [7, 11) is -4.02. The molecule has 7 nitrogen and oxygen atoms in total. The van der Waals surface area contributed by atoms with E-state index in [2.05, 4.69) is 0 Å². The standard InChI is InChI=1S/C7H8O3S.C4H11NO3/c1-6-2-4-7(5-3-6)11(8,9)10;1-2-3(5)4(6,7)8/h2-5H,1H3,(H,8,9,10);3,6-8H,2,5H2,1H3. The lowest BCUT2D eigenvalue weighted by molar-refractivity contribution is -0.322. The van der Waals surface area contributed by atoms with Crippen molar-refractivity contribution in [1.29, 1.82) is 0 Å². The fourth-order valence-electron chi connectivity index (χ4n) is 0.984. The summed E-state index contributed by atoms with van der Waals surface area (Å²) in [4.78, 5) is -0.0666. The molecule has 6 N–H and O–H groups in total. The second-order valence-electron chi connectivity index (χ2n) is 3.99. The molecule has 0 aliphatic carbocycles. The van der Waals surface area contributed by atoms with Gasteiger partial charge in [0.2, 0.25) is 0 Å². The summed E-state index contributed by atoms with van der Waals surface area (Å²) in [6.45, 7) is 3.48. The molecule has 0 aliphatic heterocycles. The van der Waals surface area contributed by atoms with Gasteiger partial charge < -0.3 is 21.1 Å². The average molecular weight is 293 g/mol. The highest BCUT2D eigenvalue weighted by molar-refractivity contribution is 7.85. The van der Waals surface area contributed by atoms with Gasteiger partial charge in [-0.25, -0.2) is 0 Å². The van der Waals surface area contributed by atoms with Gasteiger partial charge in [-0.05, 0) is 25.5 Å². The van der Waals surface area contributed by atoms with Gasteiger partial charge in [-0.2, -0.15) is 8.42 Å². The van der Waals surface area contributed by atoms with E-state index in [1.54, 1.807) is 19.1 Å². The SMILES string of the molecule is CCC(N)C(O)(O)O.Cc1ccc(S(=O)(=O)O)cc1. The molecule has 0 radical (unpaired) electrons. The fourth-order valence-corrected chi connectivity index (χ4v) is 1.46. The minimum Gasteiger partial charge on any atom is -0.342 e. The lowest BCUT2D eigenvalue weighted by Gasteiger charge is -2.19. The number of hydrogen-bond donors (Lipinski definition) is 5. The molecule has 1 aromatic rings. The lowest BCUT2D eigenvalue weighted by atomic mass is 10.2. The molecule has 0 bridgehead atoms. The van der Waals surface area contributed by atoms with E-state index < -0.39 is 22.1 Å². The van der Waals surface area contributed by atoms with Gasteiger partial charge >= 0.3 is 0 Å². The third kappa shape index (κ3) is 7.21. The zero-order chi connectivity index (χ0) is 15.3. The van der Waals surface area contributed by atoms with Crippen LogP contribution in [0.25, 0.3) is 0 Å². The van der Waals surface area contributed by atoms with Crippen LogP contribution in [-0.2, 0) is 10.1 Å². The molecule has 0 fully saturated rings. The van der Waals surface area contributed by atoms with Crippen molar-refractivity contribution in [2.45, 2.75) is 37.2 Å². The maximum absolute atomic E-state index is 10.5. The largest absolute Gasteiger partial charge is 0.342 e. The maximum Gasteiger partial charge on any atom is 0.294 e. The van der Waals surface area contributed by atoms with E-state index >= 15 is 0 Å². The van der Waals surface area contributed by atoms with Crippen LogP contribution in [0.3, 0.4) is 0 Å².